The van der Waals surface area contributed by atoms with Gasteiger partial charge in [0, 0.05) is 38.2 Å². The Morgan fingerprint density at radius 1 is 1.30 bits per heavy atom. The summed E-state index contributed by atoms with van der Waals surface area (Å²) in [5.74, 6) is 0. The smallest absolute Gasteiger partial charge is 0.208 e. The normalized spacial score (nSPS) is 15.9. The van der Waals surface area contributed by atoms with Crippen LogP contribution in [-0.2, 0) is 10.0 Å². The van der Waals surface area contributed by atoms with Crippen molar-refractivity contribution >= 4 is 33.0 Å². The maximum atomic E-state index is 11.1. The molecule has 112 valence electrons. The first-order valence-electron chi connectivity index (χ1n) is 6.57. The van der Waals surface area contributed by atoms with E-state index in [0.717, 1.165) is 30.9 Å². The van der Waals surface area contributed by atoms with E-state index in [4.69, 9.17) is 11.6 Å². The summed E-state index contributed by atoms with van der Waals surface area (Å²) in [7, 11) is -1.08. The van der Waals surface area contributed by atoms with Gasteiger partial charge in [-0.15, -0.1) is 0 Å². The highest BCUT2D eigenvalue weighted by Gasteiger charge is 2.18. The quantitative estimate of drug-likeness (QED) is 0.915. The Balaban J connectivity index is 2.17. The van der Waals surface area contributed by atoms with Gasteiger partial charge in [-0.1, -0.05) is 11.6 Å². The van der Waals surface area contributed by atoms with Crippen molar-refractivity contribution in [1.82, 2.24) is 4.72 Å². The van der Waals surface area contributed by atoms with Crippen LogP contribution < -0.4 is 14.5 Å². The Labute approximate surface area is 125 Å². The van der Waals surface area contributed by atoms with Gasteiger partial charge >= 0.3 is 0 Å². The van der Waals surface area contributed by atoms with Gasteiger partial charge in [0.25, 0.3) is 0 Å². The van der Waals surface area contributed by atoms with Crippen LogP contribution in [0.15, 0.2) is 18.2 Å². The second-order valence-corrected chi connectivity index (χ2v) is 7.33. The molecule has 0 unspecified atom stereocenters. The van der Waals surface area contributed by atoms with E-state index in [0.29, 0.717) is 18.1 Å². The molecule has 0 spiro atoms. The topological polar surface area (TPSA) is 52.6 Å². The number of halogens is 1. The first kappa shape index (κ1) is 15.4. The van der Waals surface area contributed by atoms with Gasteiger partial charge in [0.15, 0.2) is 0 Å². The van der Waals surface area contributed by atoms with Crippen molar-refractivity contribution in [2.45, 2.75) is 6.42 Å². The van der Waals surface area contributed by atoms with Crippen molar-refractivity contribution in [3.63, 3.8) is 0 Å². The summed E-state index contributed by atoms with van der Waals surface area (Å²) >= 11 is 6.09. The summed E-state index contributed by atoms with van der Waals surface area (Å²) in [6, 6.07) is 5.84. The highest BCUT2D eigenvalue weighted by Crippen LogP contribution is 2.33. The number of nitrogens with one attached hydrogen (secondary N) is 1. The molecule has 0 aliphatic carbocycles. The summed E-state index contributed by atoms with van der Waals surface area (Å²) in [5.41, 5.74) is 2.19. The van der Waals surface area contributed by atoms with Crippen molar-refractivity contribution in [1.29, 1.82) is 0 Å². The molecule has 1 N–H and O–H groups in total. The third-order valence-corrected chi connectivity index (χ3v) is 4.32. The predicted molar refractivity (Wildman–Crippen MR) is 84.4 cm³/mol. The summed E-state index contributed by atoms with van der Waals surface area (Å²) in [6.45, 7) is 2.90. The van der Waals surface area contributed by atoms with Gasteiger partial charge in [-0.25, -0.2) is 13.1 Å². The number of fused-ring (bicyclic) bond motifs is 1. The molecule has 0 radical (unpaired) electrons. The molecular weight excluding hydrogens is 298 g/mol. The summed E-state index contributed by atoms with van der Waals surface area (Å²) in [6.07, 6.45) is 2.20. The Morgan fingerprint density at radius 2 is 2.05 bits per heavy atom. The molecule has 1 heterocycles. The minimum absolute atomic E-state index is 0.397. The maximum absolute atomic E-state index is 11.1. The summed E-state index contributed by atoms with van der Waals surface area (Å²) in [4.78, 5) is 4.39. The largest absolute Gasteiger partial charge is 0.373 e. The molecule has 5 nitrogen and oxygen atoms in total. The van der Waals surface area contributed by atoms with E-state index in [9.17, 15) is 8.42 Å². The van der Waals surface area contributed by atoms with Crippen molar-refractivity contribution < 1.29 is 8.42 Å². The van der Waals surface area contributed by atoms with Crippen LogP contribution in [0.1, 0.15) is 6.42 Å². The lowest BCUT2D eigenvalue weighted by molar-refractivity contribution is 0.586. The lowest BCUT2D eigenvalue weighted by Gasteiger charge is -2.26. The molecule has 0 bridgehead atoms. The highest BCUT2D eigenvalue weighted by molar-refractivity contribution is 7.88. The SMILES string of the molecule is CN1CCCN(CCNS(C)(=O)=O)c2cc(Cl)ccc21. The van der Waals surface area contributed by atoms with E-state index in [2.05, 4.69) is 21.6 Å². The van der Waals surface area contributed by atoms with Crippen LogP contribution in [0.2, 0.25) is 5.02 Å². The molecule has 7 heteroatoms. The monoisotopic (exact) mass is 317 g/mol. The van der Waals surface area contributed by atoms with E-state index in [1.165, 1.54) is 6.26 Å². The minimum atomic E-state index is -3.14. The van der Waals surface area contributed by atoms with E-state index in [-0.39, 0.29) is 0 Å². The van der Waals surface area contributed by atoms with Crippen molar-refractivity contribution in [3.05, 3.63) is 23.2 Å². The second-order valence-electron chi connectivity index (χ2n) is 5.06. The standard InChI is InChI=1S/C13H20ClN3O2S/c1-16-7-3-8-17(9-6-15-20(2,18)19)13-10-11(14)4-5-12(13)16/h4-5,10,15H,3,6-9H2,1-2H3. The van der Waals surface area contributed by atoms with Crippen LogP contribution in [0.5, 0.6) is 0 Å². The predicted octanol–water partition coefficient (Wildman–Crippen LogP) is 1.54. The lowest BCUT2D eigenvalue weighted by atomic mass is 10.2. The number of rotatable bonds is 4. The lowest BCUT2D eigenvalue weighted by Crippen LogP contribution is -2.34. The van der Waals surface area contributed by atoms with Gasteiger partial charge in [0.2, 0.25) is 10.0 Å². The van der Waals surface area contributed by atoms with Crippen LogP contribution in [0, 0.1) is 0 Å². The van der Waals surface area contributed by atoms with Crippen LogP contribution in [0.25, 0.3) is 0 Å². The third kappa shape index (κ3) is 4.01. The molecule has 0 atom stereocenters. The number of nitrogens with zero attached hydrogens (tertiary/aromatic N) is 2. The number of benzene rings is 1. The second kappa shape index (κ2) is 6.20. The van der Waals surface area contributed by atoms with Gasteiger partial charge in [-0.05, 0) is 24.6 Å². The molecule has 1 aliphatic rings. The van der Waals surface area contributed by atoms with Crippen molar-refractivity contribution in [2.24, 2.45) is 0 Å². The summed E-state index contributed by atoms with van der Waals surface area (Å²) < 4.78 is 24.8. The molecule has 0 saturated heterocycles. The highest BCUT2D eigenvalue weighted by atomic mass is 35.5. The number of anilines is 2. The molecule has 0 fully saturated rings. The molecule has 1 aromatic rings. The number of hydrogen-bond donors (Lipinski definition) is 1. The Hall–Kier alpha value is -0.980. The fraction of sp³-hybridized carbons (Fsp3) is 0.538. The maximum Gasteiger partial charge on any atom is 0.208 e. The molecule has 0 amide bonds. The van der Waals surface area contributed by atoms with Crippen LogP contribution >= 0.6 is 11.6 Å². The average Bonchev–Trinajstić information content (AvgIpc) is 2.48. The molecule has 1 aromatic carbocycles. The van der Waals surface area contributed by atoms with Gasteiger partial charge in [0.1, 0.15) is 0 Å². The molecule has 0 saturated carbocycles. The number of sulfonamides is 1. The van der Waals surface area contributed by atoms with Crippen LogP contribution in [-0.4, -0.2) is 47.9 Å². The van der Waals surface area contributed by atoms with Gasteiger partial charge < -0.3 is 9.80 Å². The fourth-order valence-electron chi connectivity index (χ4n) is 2.41. The van der Waals surface area contributed by atoms with Crippen molar-refractivity contribution in [3.8, 4) is 0 Å². The Morgan fingerprint density at radius 3 is 2.75 bits per heavy atom. The van der Waals surface area contributed by atoms with Crippen molar-refractivity contribution in [2.75, 3.05) is 49.3 Å². The van der Waals surface area contributed by atoms with E-state index in [1.54, 1.807) is 0 Å². The zero-order chi connectivity index (χ0) is 14.8. The van der Waals surface area contributed by atoms with Gasteiger partial charge in [-0.2, -0.15) is 0 Å². The molecule has 2 rings (SSSR count). The molecule has 0 aromatic heterocycles. The molecular formula is C13H20ClN3O2S. The third-order valence-electron chi connectivity index (χ3n) is 3.36. The molecule has 20 heavy (non-hydrogen) atoms. The van der Waals surface area contributed by atoms with Crippen LogP contribution in [0.3, 0.4) is 0 Å². The summed E-state index contributed by atoms with van der Waals surface area (Å²) in [5, 5.41) is 0.695. The van der Waals surface area contributed by atoms with Crippen LogP contribution in [0.4, 0.5) is 11.4 Å². The van der Waals surface area contributed by atoms with Gasteiger partial charge in [0.05, 0.1) is 17.6 Å². The average molecular weight is 318 g/mol. The minimum Gasteiger partial charge on any atom is -0.373 e. The number of hydrogen-bond acceptors (Lipinski definition) is 4. The first-order chi connectivity index (χ1) is 9.37. The first-order valence-corrected chi connectivity index (χ1v) is 8.84. The zero-order valence-electron chi connectivity index (χ0n) is 11.8. The van der Waals surface area contributed by atoms with E-state index < -0.39 is 10.0 Å². The van der Waals surface area contributed by atoms with Gasteiger partial charge in [-0.3, -0.25) is 0 Å². The van der Waals surface area contributed by atoms with E-state index >= 15 is 0 Å². The van der Waals surface area contributed by atoms with E-state index in [1.807, 2.05) is 18.2 Å². The Kier molecular flexibility index (Phi) is 4.78. The zero-order valence-corrected chi connectivity index (χ0v) is 13.3. The molecule has 1 aliphatic heterocycles. The Bertz CT molecular complexity index is 577. The fourth-order valence-corrected chi connectivity index (χ4v) is 3.04.